The van der Waals surface area contributed by atoms with Gasteiger partial charge in [0.15, 0.2) is 5.65 Å². The number of aryl methyl sites for hydroxylation is 3. The van der Waals surface area contributed by atoms with Crippen molar-refractivity contribution in [3.8, 4) is 11.4 Å². The van der Waals surface area contributed by atoms with E-state index in [-0.39, 0.29) is 12.5 Å². The second-order valence-electron chi connectivity index (χ2n) is 7.51. The summed E-state index contributed by atoms with van der Waals surface area (Å²) in [6.45, 7) is 6.68. The molecule has 0 aliphatic heterocycles. The molecule has 0 aliphatic carbocycles. The molecule has 0 saturated carbocycles. The quantitative estimate of drug-likeness (QED) is 0.527. The molecule has 7 nitrogen and oxygen atoms in total. The molecule has 0 fully saturated rings. The van der Waals surface area contributed by atoms with Crippen LogP contribution in [0.2, 0.25) is 0 Å². The van der Waals surface area contributed by atoms with E-state index in [4.69, 9.17) is 4.98 Å². The molecule has 1 aromatic carbocycles. The van der Waals surface area contributed by atoms with Crippen LogP contribution in [0.5, 0.6) is 0 Å². The molecule has 29 heavy (non-hydrogen) atoms. The smallest absolute Gasteiger partial charge is 0.160 e. The molecular formula is C22H26N6O. The second kappa shape index (κ2) is 7.67. The van der Waals surface area contributed by atoms with Crippen LogP contribution in [0.25, 0.3) is 17.0 Å². The van der Waals surface area contributed by atoms with Crippen molar-refractivity contribution in [1.29, 1.82) is 0 Å². The van der Waals surface area contributed by atoms with E-state index in [1.165, 1.54) is 0 Å². The summed E-state index contributed by atoms with van der Waals surface area (Å²) in [7, 11) is 1.99. The molecule has 0 amide bonds. The Kier molecular flexibility index (Phi) is 5.07. The number of benzene rings is 1. The lowest BCUT2D eigenvalue weighted by Crippen LogP contribution is -2.10. The Labute approximate surface area is 170 Å². The van der Waals surface area contributed by atoms with Gasteiger partial charge in [-0.3, -0.25) is 0 Å². The number of rotatable bonds is 6. The summed E-state index contributed by atoms with van der Waals surface area (Å²) in [5.41, 5.74) is 5.91. The van der Waals surface area contributed by atoms with E-state index in [9.17, 15) is 5.11 Å². The first-order valence-corrected chi connectivity index (χ1v) is 9.76. The minimum absolute atomic E-state index is 0.0399. The predicted molar refractivity (Wildman–Crippen MR) is 114 cm³/mol. The number of fused-ring (bicyclic) bond motifs is 1. The minimum Gasteiger partial charge on any atom is -0.396 e. The van der Waals surface area contributed by atoms with Gasteiger partial charge in [0.2, 0.25) is 0 Å². The second-order valence-corrected chi connectivity index (χ2v) is 7.51. The fourth-order valence-corrected chi connectivity index (χ4v) is 3.38. The van der Waals surface area contributed by atoms with Crippen LogP contribution < -0.4 is 5.32 Å². The van der Waals surface area contributed by atoms with Gasteiger partial charge in [0.25, 0.3) is 0 Å². The van der Waals surface area contributed by atoms with Gasteiger partial charge < -0.3 is 15.0 Å². The van der Waals surface area contributed by atoms with Gasteiger partial charge in [0.1, 0.15) is 11.6 Å². The molecule has 4 aromatic rings. The molecule has 0 bridgehead atoms. The summed E-state index contributed by atoms with van der Waals surface area (Å²) >= 11 is 0. The molecule has 3 heterocycles. The Bertz CT molecular complexity index is 1160. The molecule has 150 valence electrons. The van der Waals surface area contributed by atoms with Crippen molar-refractivity contribution in [2.75, 3.05) is 11.9 Å². The number of hydrogen-bond acceptors (Lipinski definition) is 5. The lowest BCUT2D eigenvalue weighted by molar-refractivity contribution is 0.271. The van der Waals surface area contributed by atoms with E-state index >= 15 is 0 Å². The Morgan fingerprint density at radius 1 is 1.21 bits per heavy atom. The van der Waals surface area contributed by atoms with Crippen molar-refractivity contribution in [2.45, 2.75) is 33.2 Å². The average molecular weight is 390 g/mol. The maximum atomic E-state index is 9.59. The van der Waals surface area contributed by atoms with Crippen molar-refractivity contribution in [3.05, 3.63) is 65.2 Å². The van der Waals surface area contributed by atoms with Crippen LogP contribution in [0.15, 0.2) is 42.7 Å². The van der Waals surface area contributed by atoms with Gasteiger partial charge in [-0.25, -0.2) is 9.97 Å². The molecule has 1 unspecified atom stereocenters. The molecule has 1 atom stereocenters. The summed E-state index contributed by atoms with van der Waals surface area (Å²) in [4.78, 5) is 9.16. The third-order valence-electron chi connectivity index (χ3n) is 5.34. The van der Waals surface area contributed by atoms with Gasteiger partial charge in [-0.05, 0) is 25.5 Å². The maximum absolute atomic E-state index is 9.59. The Hall–Kier alpha value is -3.19. The topological polar surface area (TPSA) is 80.3 Å². The van der Waals surface area contributed by atoms with E-state index in [0.717, 1.165) is 45.4 Å². The van der Waals surface area contributed by atoms with Crippen LogP contribution in [0, 0.1) is 13.8 Å². The van der Waals surface area contributed by atoms with Gasteiger partial charge in [-0.15, -0.1) is 0 Å². The van der Waals surface area contributed by atoms with E-state index in [1.54, 1.807) is 6.20 Å². The van der Waals surface area contributed by atoms with Crippen molar-refractivity contribution in [3.63, 3.8) is 0 Å². The van der Waals surface area contributed by atoms with E-state index in [2.05, 4.69) is 33.6 Å². The highest BCUT2D eigenvalue weighted by atomic mass is 16.3. The number of aliphatic hydroxyl groups is 1. The van der Waals surface area contributed by atoms with Gasteiger partial charge >= 0.3 is 0 Å². The third kappa shape index (κ3) is 3.61. The van der Waals surface area contributed by atoms with Crippen LogP contribution in [0.3, 0.4) is 0 Å². The number of imidazole rings is 1. The highest BCUT2D eigenvalue weighted by Crippen LogP contribution is 2.24. The molecular weight excluding hydrogens is 364 g/mol. The van der Waals surface area contributed by atoms with Crippen LogP contribution in [0.1, 0.15) is 35.4 Å². The summed E-state index contributed by atoms with van der Waals surface area (Å²) < 4.78 is 3.86. The monoisotopic (exact) mass is 390 g/mol. The zero-order valence-corrected chi connectivity index (χ0v) is 17.2. The minimum atomic E-state index is -0.0399. The normalized spacial score (nSPS) is 12.4. The maximum Gasteiger partial charge on any atom is 0.160 e. The zero-order valence-electron chi connectivity index (χ0n) is 17.2. The number of hydrogen-bond donors (Lipinski definition) is 2. The van der Waals surface area contributed by atoms with Gasteiger partial charge in [-0.2, -0.15) is 9.61 Å². The van der Waals surface area contributed by atoms with Crippen LogP contribution in [-0.4, -0.2) is 35.9 Å². The highest BCUT2D eigenvalue weighted by Gasteiger charge is 2.15. The largest absolute Gasteiger partial charge is 0.396 e. The number of aliphatic hydroxyl groups excluding tert-OH is 1. The lowest BCUT2D eigenvalue weighted by Gasteiger charge is -2.14. The van der Waals surface area contributed by atoms with Crippen molar-refractivity contribution < 1.29 is 5.11 Å². The Morgan fingerprint density at radius 3 is 2.76 bits per heavy atom. The fourth-order valence-electron chi connectivity index (χ4n) is 3.38. The Morgan fingerprint density at radius 2 is 2.03 bits per heavy atom. The SMILES string of the molecule is Cc1nn2c(NCc3cccc(-c4nccn4C)c3)cc(C(C)CO)nc2c1C. The zero-order chi connectivity index (χ0) is 20.5. The van der Waals surface area contributed by atoms with E-state index in [1.807, 2.05) is 55.2 Å². The Balaban J connectivity index is 1.66. The van der Waals surface area contributed by atoms with E-state index in [0.29, 0.717) is 6.54 Å². The molecule has 7 heteroatoms. The van der Waals surface area contributed by atoms with Gasteiger partial charge in [0.05, 0.1) is 18.0 Å². The van der Waals surface area contributed by atoms with Crippen molar-refractivity contribution in [1.82, 2.24) is 24.1 Å². The average Bonchev–Trinajstić information content (AvgIpc) is 3.29. The van der Waals surface area contributed by atoms with Crippen molar-refractivity contribution in [2.24, 2.45) is 7.05 Å². The first-order chi connectivity index (χ1) is 14.0. The molecule has 2 N–H and O–H groups in total. The number of nitrogens with one attached hydrogen (secondary N) is 1. The molecule has 0 aliphatic rings. The number of aromatic nitrogens is 5. The summed E-state index contributed by atoms with van der Waals surface area (Å²) in [5.74, 6) is 1.77. The summed E-state index contributed by atoms with van der Waals surface area (Å²) in [6, 6.07) is 10.3. The first kappa shape index (κ1) is 19.1. The van der Waals surface area contributed by atoms with Crippen molar-refractivity contribution >= 4 is 11.5 Å². The first-order valence-electron chi connectivity index (χ1n) is 9.76. The molecule has 4 rings (SSSR count). The van der Waals surface area contributed by atoms with Crippen LogP contribution in [0.4, 0.5) is 5.82 Å². The van der Waals surface area contributed by atoms with Crippen LogP contribution in [-0.2, 0) is 13.6 Å². The molecule has 0 saturated heterocycles. The summed E-state index contributed by atoms with van der Waals surface area (Å²) in [6.07, 6.45) is 3.75. The molecule has 3 aromatic heterocycles. The molecule has 0 spiro atoms. The lowest BCUT2D eigenvalue weighted by atomic mass is 10.1. The van der Waals surface area contributed by atoms with E-state index < -0.39 is 0 Å². The number of nitrogens with zero attached hydrogens (tertiary/aromatic N) is 5. The van der Waals surface area contributed by atoms with Gasteiger partial charge in [-0.1, -0.05) is 25.1 Å². The fraction of sp³-hybridized carbons (Fsp3) is 0.318. The predicted octanol–water partition coefficient (Wildman–Crippen LogP) is 3.45. The standard InChI is InChI=1S/C22H26N6O/c1-14(13-29)19-11-20(28-21(25-19)15(2)16(3)26-28)24-12-17-6-5-7-18(10-17)22-23-8-9-27(22)4/h5-11,14,24,29H,12-13H2,1-4H3. The third-order valence-corrected chi connectivity index (χ3v) is 5.34. The van der Waals surface area contributed by atoms with Gasteiger partial charge in [0, 0.05) is 49.1 Å². The highest BCUT2D eigenvalue weighted by molar-refractivity contribution is 5.58. The van der Waals surface area contributed by atoms with Crippen LogP contribution >= 0.6 is 0 Å². The number of anilines is 1. The summed E-state index contributed by atoms with van der Waals surface area (Å²) in [5, 5.41) is 17.7. The molecule has 0 radical (unpaired) electrons.